The summed E-state index contributed by atoms with van der Waals surface area (Å²) in [4.78, 5) is 26.8. The molecule has 0 N–H and O–H groups in total. The maximum atomic E-state index is 12.8. The molecule has 0 saturated carbocycles. The van der Waals surface area contributed by atoms with Crippen LogP contribution >= 0.6 is 0 Å². The number of esters is 1. The summed E-state index contributed by atoms with van der Waals surface area (Å²) >= 11 is 0. The third-order valence-corrected chi connectivity index (χ3v) is 7.06. The molecule has 7 nitrogen and oxygen atoms in total. The van der Waals surface area contributed by atoms with Crippen molar-refractivity contribution in [2.24, 2.45) is 0 Å². The van der Waals surface area contributed by atoms with Gasteiger partial charge >= 0.3 is 5.97 Å². The fraction of sp³-hybridized carbons (Fsp3) is 0.500. The van der Waals surface area contributed by atoms with Crippen LogP contribution in [0.3, 0.4) is 0 Å². The van der Waals surface area contributed by atoms with Gasteiger partial charge < -0.3 is 14.1 Å². The zero-order valence-corrected chi connectivity index (χ0v) is 17.1. The third-order valence-electron chi connectivity index (χ3n) is 5.31. The summed E-state index contributed by atoms with van der Waals surface area (Å²) in [7, 11) is -3.13. The molecule has 152 valence electrons. The lowest BCUT2D eigenvalue weighted by molar-refractivity contribution is -0.138. The highest BCUT2D eigenvalue weighted by molar-refractivity contribution is 7.91. The van der Waals surface area contributed by atoms with Gasteiger partial charge in [-0.3, -0.25) is 4.79 Å². The number of hydrogen-bond acceptors (Lipinski definition) is 6. The molecule has 0 spiro atoms. The highest BCUT2D eigenvalue weighted by atomic mass is 32.2. The van der Waals surface area contributed by atoms with Crippen LogP contribution in [0, 0.1) is 6.92 Å². The van der Waals surface area contributed by atoms with Crippen LogP contribution in [0.25, 0.3) is 11.0 Å². The van der Waals surface area contributed by atoms with Crippen molar-refractivity contribution in [2.75, 3.05) is 18.1 Å². The quantitative estimate of drug-likeness (QED) is 0.684. The van der Waals surface area contributed by atoms with E-state index in [9.17, 15) is 18.0 Å². The minimum Gasteiger partial charge on any atom is -0.450 e. The summed E-state index contributed by atoms with van der Waals surface area (Å²) in [5.74, 6) is -0.980. The first kappa shape index (κ1) is 20.4. The van der Waals surface area contributed by atoms with Crippen molar-refractivity contribution in [3.05, 3.63) is 35.6 Å². The second kappa shape index (κ2) is 7.95. The highest BCUT2D eigenvalue weighted by Crippen LogP contribution is 2.26. The van der Waals surface area contributed by atoms with Gasteiger partial charge in [0, 0.05) is 23.0 Å². The number of carbonyl (C=O) groups excluding carboxylic acids is 2. The molecular weight excluding hydrogens is 382 g/mol. The number of aryl methyl sites for hydroxylation is 1. The van der Waals surface area contributed by atoms with Crippen molar-refractivity contribution in [1.29, 1.82) is 0 Å². The smallest absolute Gasteiger partial charge is 0.375 e. The Morgan fingerprint density at radius 3 is 2.64 bits per heavy atom. The van der Waals surface area contributed by atoms with Crippen LogP contribution in [0.5, 0.6) is 0 Å². The van der Waals surface area contributed by atoms with Crippen LogP contribution in [-0.4, -0.2) is 55.4 Å². The van der Waals surface area contributed by atoms with E-state index in [-0.39, 0.29) is 29.3 Å². The van der Waals surface area contributed by atoms with Crippen LogP contribution in [0.4, 0.5) is 0 Å². The van der Waals surface area contributed by atoms with Gasteiger partial charge in [0.15, 0.2) is 16.4 Å². The molecule has 3 rings (SSSR count). The zero-order chi connectivity index (χ0) is 20.5. The Balaban J connectivity index is 1.71. The van der Waals surface area contributed by atoms with E-state index in [0.29, 0.717) is 24.0 Å². The second-order valence-corrected chi connectivity index (χ2v) is 9.47. The van der Waals surface area contributed by atoms with Gasteiger partial charge in [-0.2, -0.15) is 0 Å². The topological polar surface area (TPSA) is 93.9 Å². The molecule has 1 fully saturated rings. The molecule has 1 aromatic carbocycles. The maximum Gasteiger partial charge on any atom is 0.375 e. The van der Waals surface area contributed by atoms with Gasteiger partial charge in [-0.25, -0.2) is 13.2 Å². The molecule has 28 heavy (non-hydrogen) atoms. The van der Waals surface area contributed by atoms with Crippen molar-refractivity contribution in [2.45, 2.75) is 45.7 Å². The SMILES string of the molecule is CC[C@@H](C)N(C(=O)COC(=O)c1oc2ccccc2c1C)[C@H]1CCS(=O)(=O)C1. The minimum atomic E-state index is -3.13. The molecule has 1 saturated heterocycles. The number of ether oxygens (including phenoxy) is 1. The van der Waals surface area contributed by atoms with Crippen LogP contribution in [-0.2, 0) is 19.4 Å². The Bertz CT molecular complexity index is 993. The molecule has 2 aromatic rings. The number of para-hydroxylation sites is 1. The molecule has 1 aromatic heterocycles. The molecule has 0 bridgehead atoms. The van der Waals surface area contributed by atoms with E-state index in [2.05, 4.69) is 0 Å². The lowest BCUT2D eigenvalue weighted by Crippen LogP contribution is -2.48. The molecule has 2 heterocycles. The van der Waals surface area contributed by atoms with Crippen LogP contribution in [0.1, 0.15) is 42.8 Å². The summed E-state index contributed by atoms with van der Waals surface area (Å²) < 4.78 is 34.4. The van der Waals surface area contributed by atoms with Gasteiger partial charge in [0.1, 0.15) is 5.58 Å². The minimum absolute atomic E-state index is 0.0420. The molecule has 2 atom stereocenters. The molecule has 8 heteroatoms. The average molecular weight is 407 g/mol. The number of benzene rings is 1. The van der Waals surface area contributed by atoms with Crippen molar-refractivity contribution in [3.8, 4) is 0 Å². The molecule has 0 aliphatic carbocycles. The summed E-state index contributed by atoms with van der Waals surface area (Å²) in [5.41, 5.74) is 1.24. The van der Waals surface area contributed by atoms with Crippen LogP contribution in [0.2, 0.25) is 0 Å². The number of carbonyl (C=O) groups is 2. The number of amides is 1. The van der Waals surface area contributed by atoms with Gasteiger partial charge in [0.25, 0.3) is 5.91 Å². The molecule has 1 aliphatic rings. The van der Waals surface area contributed by atoms with Crippen molar-refractivity contribution < 1.29 is 27.2 Å². The Morgan fingerprint density at radius 1 is 1.32 bits per heavy atom. The molecule has 1 amide bonds. The first-order valence-corrected chi connectivity index (χ1v) is 11.2. The first-order chi connectivity index (χ1) is 13.2. The standard InChI is InChI=1S/C20H25NO6S/c1-4-13(2)21(15-9-10-28(24,25)12-15)18(22)11-26-20(23)19-14(3)16-7-5-6-8-17(16)27-19/h5-8,13,15H,4,9-12H2,1-3H3/t13-,15+/m1/s1. The average Bonchev–Trinajstić information content (AvgIpc) is 3.19. The summed E-state index contributed by atoms with van der Waals surface area (Å²) in [6, 6.07) is 6.75. The van der Waals surface area contributed by atoms with Crippen molar-refractivity contribution >= 4 is 32.7 Å². The van der Waals surface area contributed by atoms with Gasteiger partial charge in [-0.05, 0) is 32.8 Å². The van der Waals surface area contributed by atoms with E-state index in [4.69, 9.17) is 9.15 Å². The largest absolute Gasteiger partial charge is 0.450 e. The number of sulfone groups is 1. The van der Waals surface area contributed by atoms with Gasteiger partial charge in [-0.1, -0.05) is 25.1 Å². The maximum absolute atomic E-state index is 12.8. The Kier molecular flexibility index (Phi) is 5.79. The monoisotopic (exact) mass is 407 g/mol. The van der Waals surface area contributed by atoms with E-state index >= 15 is 0 Å². The Hall–Kier alpha value is -2.35. The number of furan rings is 1. The Labute approximate surface area is 164 Å². The lowest BCUT2D eigenvalue weighted by Gasteiger charge is -2.33. The normalized spacial score (nSPS) is 19.5. The fourth-order valence-electron chi connectivity index (χ4n) is 3.64. The second-order valence-electron chi connectivity index (χ2n) is 7.24. The first-order valence-electron chi connectivity index (χ1n) is 9.40. The lowest BCUT2D eigenvalue weighted by atomic mass is 10.1. The van der Waals surface area contributed by atoms with Gasteiger partial charge in [0.05, 0.1) is 11.5 Å². The van der Waals surface area contributed by atoms with E-state index in [1.807, 2.05) is 32.0 Å². The zero-order valence-electron chi connectivity index (χ0n) is 16.3. The van der Waals surface area contributed by atoms with Crippen LogP contribution < -0.4 is 0 Å². The van der Waals surface area contributed by atoms with Gasteiger partial charge in [-0.15, -0.1) is 0 Å². The predicted molar refractivity (Wildman–Crippen MR) is 105 cm³/mol. The number of nitrogens with zero attached hydrogens (tertiary/aromatic N) is 1. The van der Waals surface area contributed by atoms with E-state index in [1.54, 1.807) is 17.9 Å². The third kappa shape index (κ3) is 4.06. The van der Waals surface area contributed by atoms with Gasteiger partial charge in [0.2, 0.25) is 5.76 Å². The van der Waals surface area contributed by atoms with E-state index < -0.39 is 28.3 Å². The van der Waals surface area contributed by atoms with E-state index in [0.717, 1.165) is 5.39 Å². The van der Waals surface area contributed by atoms with Crippen molar-refractivity contribution in [3.63, 3.8) is 0 Å². The summed E-state index contributed by atoms with van der Waals surface area (Å²) in [6.07, 6.45) is 1.09. The van der Waals surface area contributed by atoms with E-state index in [1.165, 1.54) is 0 Å². The molecule has 1 aliphatic heterocycles. The number of hydrogen-bond donors (Lipinski definition) is 0. The highest BCUT2D eigenvalue weighted by Gasteiger charge is 2.37. The summed E-state index contributed by atoms with van der Waals surface area (Å²) in [6.45, 7) is 5.11. The number of fused-ring (bicyclic) bond motifs is 1. The molecular formula is C20H25NO6S. The Morgan fingerprint density at radius 2 is 2.04 bits per heavy atom. The van der Waals surface area contributed by atoms with Crippen LogP contribution in [0.15, 0.2) is 28.7 Å². The molecule has 0 radical (unpaired) electrons. The molecule has 0 unspecified atom stereocenters. The predicted octanol–water partition coefficient (Wildman–Crippen LogP) is 2.71. The summed E-state index contributed by atoms with van der Waals surface area (Å²) in [5, 5.41) is 0.818. The van der Waals surface area contributed by atoms with Crippen molar-refractivity contribution in [1.82, 2.24) is 4.90 Å². The number of rotatable bonds is 6. The fourth-order valence-corrected chi connectivity index (χ4v) is 5.35.